The van der Waals surface area contributed by atoms with Crippen LogP contribution in [0.1, 0.15) is 42.3 Å². The Morgan fingerprint density at radius 3 is 2.55 bits per heavy atom. The highest BCUT2D eigenvalue weighted by molar-refractivity contribution is 7.91. The lowest BCUT2D eigenvalue weighted by atomic mass is 10.1. The number of nitrogens with zero attached hydrogens (tertiary/aromatic N) is 2. The first-order valence-corrected chi connectivity index (χ1v) is 11.7. The zero-order valence-corrected chi connectivity index (χ0v) is 18.0. The van der Waals surface area contributed by atoms with Crippen LogP contribution in [-0.4, -0.2) is 48.5 Å². The van der Waals surface area contributed by atoms with Gasteiger partial charge in [-0.25, -0.2) is 8.42 Å². The Balaban J connectivity index is 1.59. The molecule has 3 rings (SSSR count). The van der Waals surface area contributed by atoms with Crippen molar-refractivity contribution < 1.29 is 22.5 Å². The van der Waals surface area contributed by atoms with Crippen LogP contribution in [0, 0.1) is 13.8 Å². The number of amides is 1. The first-order valence-electron chi connectivity index (χ1n) is 9.92. The van der Waals surface area contributed by atoms with E-state index in [-0.39, 0.29) is 29.9 Å². The Labute approximate surface area is 171 Å². The molecule has 1 aromatic heterocycles. The van der Waals surface area contributed by atoms with Crippen molar-refractivity contribution in [2.45, 2.75) is 52.7 Å². The second kappa shape index (κ2) is 8.98. The van der Waals surface area contributed by atoms with Crippen LogP contribution in [-0.2, 0) is 27.7 Å². The van der Waals surface area contributed by atoms with Gasteiger partial charge in [0.25, 0.3) is 0 Å². The molecule has 1 fully saturated rings. The molecule has 2 heterocycles. The summed E-state index contributed by atoms with van der Waals surface area (Å²) in [6, 6.07) is 7.22. The minimum Gasteiger partial charge on any atom is -0.489 e. The molecule has 158 valence electrons. The lowest BCUT2D eigenvalue weighted by Gasteiger charge is -2.28. The van der Waals surface area contributed by atoms with Crippen molar-refractivity contribution in [1.29, 1.82) is 0 Å². The summed E-state index contributed by atoms with van der Waals surface area (Å²) >= 11 is 0. The second-order valence-corrected chi connectivity index (χ2v) is 9.78. The van der Waals surface area contributed by atoms with Gasteiger partial charge < -0.3 is 14.2 Å². The van der Waals surface area contributed by atoms with E-state index >= 15 is 0 Å². The second-order valence-electron chi connectivity index (χ2n) is 7.56. The van der Waals surface area contributed by atoms with E-state index in [9.17, 15) is 13.2 Å². The van der Waals surface area contributed by atoms with Crippen LogP contribution in [0.2, 0.25) is 0 Å². The van der Waals surface area contributed by atoms with Gasteiger partial charge in [-0.15, -0.1) is 0 Å². The smallest absolute Gasteiger partial charge is 0.227 e. The molecule has 29 heavy (non-hydrogen) atoms. The van der Waals surface area contributed by atoms with Crippen LogP contribution in [0.4, 0.5) is 0 Å². The van der Waals surface area contributed by atoms with Crippen LogP contribution >= 0.6 is 0 Å². The highest BCUT2D eigenvalue weighted by atomic mass is 32.2. The van der Waals surface area contributed by atoms with Crippen molar-refractivity contribution in [3.05, 3.63) is 46.8 Å². The molecule has 1 unspecified atom stereocenters. The first-order chi connectivity index (χ1) is 13.8. The van der Waals surface area contributed by atoms with Crippen molar-refractivity contribution >= 4 is 15.7 Å². The van der Waals surface area contributed by atoms with Crippen molar-refractivity contribution in [3.63, 3.8) is 0 Å². The number of hydrogen-bond acceptors (Lipinski definition) is 6. The van der Waals surface area contributed by atoms with Gasteiger partial charge in [-0.1, -0.05) is 24.2 Å². The van der Waals surface area contributed by atoms with Gasteiger partial charge in [-0.3, -0.25) is 4.79 Å². The summed E-state index contributed by atoms with van der Waals surface area (Å²) in [6.45, 7) is 6.68. The summed E-state index contributed by atoms with van der Waals surface area (Å²) in [5.74, 6) is 1.66. The van der Waals surface area contributed by atoms with Gasteiger partial charge in [-0.05, 0) is 44.4 Å². The SMILES string of the molecule is CCCN(C(=O)Cc1ccc(OCc2c(C)noc2C)cc1)C1CCS(=O)(=O)C1. The van der Waals surface area contributed by atoms with Crippen molar-refractivity contribution in [1.82, 2.24) is 10.1 Å². The average Bonchev–Trinajstić information content (AvgIpc) is 3.20. The van der Waals surface area contributed by atoms with Gasteiger partial charge in [0.1, 0.15) is 18.1 Å². The Bertz CT molecular complexity index is 930. The molecule has 0 saturated carbocycles. The largest absolute Gasteiger partial charge is 0.489 e. The maximum absolute atomic E-state index is 12.8. The van der Waals surface area contributed by atoms with E-state index in [4.69, 9.17) is 9.26 Å². The fraction of sp³-hybridized carbons (Fsp3) is 0.524. The number of ether oxygens (including phenoxy) is 1. The molecular weight excluding hydrogens is 392 g/mol. The predicted octanol–water partition coefficient (Wildman–Crippen LogP) is 2.84. The molecule has 2 aromatic rings. The summed E-state index contributed by atoms with van der Waals surface area (Å²) in [7, 11) is -3.02. The molecule has 1 amide bonds. The molecule has 0 spiro atoms. The maximum Gasteiger partial charge on any atom is 0.227 e. The quantitative estimate of drug-likeness (QED) is 0.652. The fourth-order valence-electron chi connectivity index (χ4n) is 3.62. The standard InChI is InChI=1S/C21H28N2O5S/c1-4-10-23(18-9-11-29(25,26)14-18)21(24)12-17-5-7-19(8-6-17)27-13-20-15(2)22-28-16(20)3/h5-8,18H,4,9-14H2,1-3H3. The third-order valence-corrected chi connectivity index (χ3v) is 7.03. The van der Waals surface area contributed by atoms with Crippen LogP contribution in [0.15, 0.2) is 28.8 Å². The Kier molecular flexibility index (Phi) is 6.62. The van der Waals surface area contributed by atoms with Gasteiger partial charge in [0.15, 0.2) is 9.84 Å². The van der Waals surface area contributed by atoms with Gasteiger partial charge >= 0.3 is 0 Å². The number of hydrogen-bond donors (Lipinski definition) is 0. The van der Waals surface area contributed by atoms with Gasteiger partial charge in [0, 0.05) is 12.6 Å². The van der Waals surface area contributed by atoms with E-state index in [2.05, 4.69) is 5.16 Å². The van der Waals surface area contributed by atoms with E-state index in [0.717, 1.165) is 29.0 Å². The molecule has 0 bridgehead atoms. The number of aromatic nitrogens is 1. The zero-order valence-electron chi connectivity index (χ0n) is 17.2. The molecule has 1 saturated heterocycles. The summed E-state index contributed by atoms with van der Waals surface area (Å²) in [6.07, 6.45) is 1.58. The minimum absolute atomic E-state index is 0.0293. The Morgan fingerprint density at radius 1 is 1.28 bits per heavy atom. The molecule has 1 atom stereocenters. The van der Waals surface area contributed by atoms with Gasteiger partial charge in [0.05, 0.1) is 29.2 Å². The monoisotopic (exact) mass is 420 g/mol. The molecule has 0 aliphatic carbocycles. The highest BCUT2D eigenvalue weighted by Crippen LogP contribution is 2.21. The summed E-state index contributed by atoms with van der Waals surface area (Å²) in [5.41, 5.74) is 2.63. The van der Waals surface area contributed by atoms with Crippen molar-refractivity contribution in [3.8, 4) is 5.75 Å². The summed E-state index contributed by atoms with van der Waals surface area (Å²) < 4.78 is 34.5. The molecule has 7 nitrogen and oxygen atoms in total. The van der Waals surface area contributed by atoms with Gasteiger partial charge in [-0.2, -0.15) is 0 Å². The molecular formula is C21H28N2O5S. The predicted molar refractivity (Wildman–Crippen MR) is 110 cm³/mol. The maximum atomic E-state index is 12.8. The number of sulfone groups is 1. The van der Waals surface area contributed by atoms with E-state index in [1.54, 1.807) is 4.90 Å². The van der Waals surface area contributed by atoms with Crippen molar-refractivity contribution in [2.24, 2.45) is 0 Å². The van der Waals surface area contributed by atoms with Crippen LogP contribution in [0.3, 0.4) is 0 Å². The van der Waals surface area contributed by atoms with Gasteiger partial charge in [0.2, 0.25) is 5.91 Å². The fourth-order valence-corrected chi connectivity index (χ4v) is 5.35. The number of rotatable bonds is 8. The molecule has 0 radical (unpaired) electrons. The molecule has 1 aromatic carbocycles. The van der Waals surface area contributed by atoms with E-state index in [0.29, 0.717) is 25.3 Å². The third kappa shape index (κ3) is 5.38. The minimum atomic E-state index is -3.02. The highest BCUT2D eigenvalue weighted by Gasteiger charge is 2.34. The topological polar surface area (TPSA) is 89.7 Å². The number of carbonyl (C=O) groups excluding carboxylic acids is 1. The van der Waals surface area contributed by atoms with Crippen LogP contribution in [0.5, 0.6) is 5.75 Å². The van der Waals surface area contributed by atoms with Crippen LogP contribution in [0.25, 0.3) is 0 Å². The van der Waals surface area contributed by atoms with Crippen molar-refractivity contribution in [2.75, 3.05) is 18.1 Å². The molecule has 1 aliphatic heterocycles. The zero-order chi connectivity index (χ0) is 21.0. The molecule has 0 N–H and O–H groups in total. The van der Waals surface area contributed by atoms with E-state index in [1.165, 1.54) is 0 Å². The summed E-state index contributed by atoms with van der Waals surface area (Å²) in [5, 5.41) is 3.91. The normalized spacial score (nSPS) is 18.0. The van der Waals surface area contributed by atoms with E-state index in [1.807, 2.05) is 45.0 Å². The average molecular weight is 421 g/mol. The molecule has 8 heteroatoms. The lowest BCUT2D eigenvalue weighted by Crippen LogP contribution is -2.42. The van der Waals surface area contributed by atoms with Crippen LogP contribution < -0.4 is 4.74 Å². The Morgan fingerprint density at radius 2 is 2.00 bits per heavy atom. The first kappa shape index (κ1) is 21.4. The summed E-state index contributed by atoms with van der Waals surface area (Å²) in [4.78, 5) is 14.6. The number of aryl methyl sites for hydroxylation is 2. The lowest BCUT2D eigenvalue weighted by molar-refractivity contribution is -0.132. The molecule has 1 aliphatic rings. The van der Waals surface area contributed by atoms with E-state index < -0.39 is 9.84 Å². The number of carbonyl (C=O) groups is 1. The number of benzene rings is 1. The Hall–Kier alpha value is -2.35. The third-order valence-electron chi connectivity index (χ3n) is 5.28.